The summed E-state index contributed by atoms with van der Waals surface area (Å²) in [7, 11) is 0. The fraction of sp³-hybridized carbons (Fsp3) is 0.389. The molecule has 1 saturated carbocycles. The summed E-state index contributed by atoms with van der Waals surface area (Å²) < 4.78 is 0. The molecule has 0 spiro atoms. The third-order valence-corrected chi connectivity index (χ3v) is 4.87. The Labute approximate surface area is 124 Å². The molecule has 4 rings (SSSR count). The highest BCUT2D eigenvalue weighted by atomic mass is 16.2. The van der Waals surface area contributed by atoms with Crippen LogP contribution in [0.1, 0.15) is 24.3 Å². The van der Waals surface area contributed by atoms with Crippen molar-refractivity contribution in [3.05, 3.63) is 48.0 Å². The summed E-state index contributed by atoms with van der Waals surface area (Å²) >= 11 is 0. The quantitative estimate of drug-likeness (QED) is 0.918. The molecule has 2 aromatic rings. The summed E-state index contributed by atoms with van der Waals surface area (Å²) in [6.07, 6.45) is 1.93. The number of hydrogen-bond donors (Lipinski definition) is 1. The van der Waals surface area contributed by atoms with Crippen molar-refractivity contribution in [1.82, 2.24) is 4.90 Å². The number of benzene rings is 2. The van der Waals surface area contributed by atoms with Crippen LogP contribution < -0.4 is 5.73 Å². The van der Waals surface area contributed by atoms with Gasteiger partial charge in [-0.15, -0.1) is 0 Å². The largest absolute Gasteiger partial charge is 0.341 e. The van der Waals surface area contributed by atoms with Gasteiger partial charge in [0.15, 0.2) is 0 Å². The van der Waals surface area contributed by atoms with Crippen LogP contribution in [0.4, 0.5) is 0 Å². The SMILES string of the molecule is N[C@@H]1CCN(C(=O)C2CC2c2cccc3ccccc23)C1. The van der Waals surface area contributed by atoms with E-state index >= 15 is 0 Å². The van der Waals surface area contributed by atoms with Gasteiger partial charge in [-0.1, -0.05) is 42.5 Å². The molecule has 1 saturated heterocycles. The van der Waals surface area contributed by atoms with Gasteiger partial charge in [-0.2, -0.15) is 0 Å². The van der Waals surface area contributed by atoms with Gasteiger partial charge in [0.05, 0.1) is 0 Å². The summed E-state index contributed by atoms with van der Waals surface area (Å²) in [4.78, 5) is 14.5. The van der Waals surface area contributed by atoms with Gasteiger partial charge in [-0.05, 0) is 35.1 Å². The van der Waals surface area contributed by atoms with E-state index in [0.29, 0.717) is 11.8 Å². The molecule has 2 N–H and O–H groups in total. The fourth-order valence-corrected chi connectivity index (χ4v) is 3.61. The molecule has 2 fully saturated rings. The Balaban J connectivity index is 1.57. The molecule has 3 atom stereocenters. The minimum absolute atomic E-state index is 0.168. The number of fused-ring (bicyclic) bond motifs is 1. The lowest BCUT2D eigenvalue weighted by Gasteiger charge is -2.16. The molecular weight excluding hydrogens is 260 g/mol. The first-order chi connectivity index (χ1) is 10.2. The first kappa shape index (κ1) is 12.8. The van der Waals surface area contributed by atoms with Gasteiger partial charge in [0, 0.05) is 25.0 Å². The lowest BCUT2D eigenvalue weighted by molar-refractivity contribution is -0.131. The summed E-state index contributed by atoms with van der Waals surface area (Å²) in [6.45, 7) is 1.57. The lowest BCUT2D eigenvalue weighted by atomic mass is 10.00. The highest BCUT2D eigenvalue weighted by Gasteiger charge is 2.47. The average Bonchev–Trinajstić information content (AvgIpc) is 3.19. The maximum atomic E-state index is 12.5. The van der Waals surface area contributed by atoms with Gasteiger partial charge < -0.3 is 10.6 Å². The van der Waals surface area contributed by atoms with Crippen molar-refractivity contribution < 1.29 is 4.79 Å². The van der Waals surface area contributed by atoms with Crippen molar-refractivity contribution in [2.75, 3.05) is 13.1 Å². The molecule has 1 heterocycles. The normalized spacial score (nSPS) is 28.0. The first-order valence-electron chi connectivity index (χ1n) is 7.76. The van der Waals surface area contributed by atoms with Gasteiger partial charge in [0.1, 0.15) is 0 Å². The van der Waals surface area contributed by atoms with E-state index in [0.717, 1.165) is 25.9 Å². The van der Waals surface area contributed by atoms with Crippen LogP contribution in [0.5, 0.6) is 0 Å². The van der Waals surface area contributed by atoms with E-state index in [1.54, 1.807) is 0 Å². The number of nitrogens with two attached hydrogens (primary N) is 1. The Morgan fingerprint density at radius 2 is 1.95 bits per heavy atom. The summed E-state index contributed by atoms with van der Waals surface area (Å²) in [6, 6.07) is 15.0. The third-order valence-electron chi connectivity index (χ3n) is 4.87. The highest BCUT2D eigenvalue weighted by molar-refractivity contribution is 5.89. The maximum Gasteiger partial charge on any atom is 0.226 e. The van der Waals surface area contributed by atoms with Gasteiger partial charge in [-0.25, -0.2) is 0 Å². The van der Waals surface area contributed by atoms with Crippen molar-refractivity contribution in [3.63, 3.8) is 0 Å². The van der Waals surface area contributed by atoms with Crippen LogP contribution >= 0.6 is 0 Å². The van der Waals surface area contributed by atoms with E-state index in [9.17, 15) is 4.79 Å². The Kier molecular flexibility index (Phi) is 2.96. The van der Waals surface area contributed by atoms with Crippen LogP contribution in [0.25, 0.3) is 10.8 Å². The number of hydrogen-bond acceptors (Lipinski definition) is 2. The van der Waals surface area contributed by atoms with Crippen molar-refractivity contribution in [1.29, 1.82) is 0 Å². The number of likely N-dealkylation sites (tertiary alicyclic amines) is 1. The molecule has 2 aliphatic rings. The molecule has 1 amide bonds. The molecule has 1 aliphatic heterocycles. The molecule has 2 aromatic carbocycles. The Morgan fingerprint density at radius 1 is 1.14 bits per heavy atom. The minimum Gasteiger partial charge on any atom is -0.341 e. The second-order valence-corrected chi connectivity index (χ2v) is 6.35. The molecule has 21 heavy (non-hydrogen) atoms. The van der Waals surface area contributed by atoms with Crippen LogP contribution in [0.2, 0.25) is 0 Å². The van der Waals surface area contributed by atoms with Crippen LogP contribution in [-0.2, 0) is 4.79 Å². The zero-order chi connectivity index (χ0) is 14.4. The van der Waals surface area contributed by atoms with Crippen molar-refractivity contribution >= 4 is 16.7 Å². The van der Waals surface area contributed by atoms with E-state index in [2.05, 4.69) is 42.5 Å². The number of carbonyl (C=O) groups is 1. The summed E-state index contributed by atoms with van der Waals surface area (Å²) in [5, 5.41) is 2.55. The zero-order valence-electron chi connectivity index (χ0n) is 12.0. The molecule has 108 valence electrons. The molecular formula is C18H20N2O. The second kappa shape index (κ2) is 4.85. The van der Waals surface area contributed by atoms with Crippen LogP contribution in [0.3, 0.4) is 0 Å². The van der Waals surface area contributed by atoms with Crippen molar-refractivity contribution in [3.8, 4) is 0 Å². The van der Waals surface area contributed by atoms with Crippen LogP contribution in [-0.4, -0.2) is 29.9 Å². The Morgan fingerprint density at radius 3 is 2.76 bits per heavy atom. The lowest BCUT2D eigenvalue weighted by Crippen LogP contribution is -2.33. The van der Waals surface area contributed by atoms with Crippen molar-refractivity contribution in [2.45, 2.75) is 24.8 Å². The second-order valence-electron chi connectivity index (χ2n) is 6.35. The molecule has 2 unspecified atom stereocenters. The predicted octanol–water partition coefficient (Wildman–Crippen LogP) is 2.50. The number of nitrogens with zero attached hydrogens (tertiary/aromatic N) is 1. The molecule has 3 nitrogen and oxygen atoms in total. The third kappa shape index (κ3) is 2.22. The fourth-order valence-electron chi connectivity index (χ4n) is 3.61. The van der Waals surface area contributed by atoms with E-state index in [-0.39, 0.29) is 12.0 Å². The highest BCUT2D eigenvalue weighted by Crippen LogP contribution is 2.50. The number of carbonyl (C=O) groups excluding carboxylic acids is 1. The predicted molar refractivity (Wildman–Crippen MR) is 84.0 cm³/mol. The summed E-state index contributed by atoms with van der Waals surface area (Å²) in [5.41, 5.74) is 7.24. The Bertz CT molecular complexity index is 691. The van der Waals surface area contributed by atoms with Crippen molar-refractivity contribution in [2.24, 2.45) is 11.7 Å². The molecule has 0 radical (unpaired) electrons. The number of amides is 1. The van der Waals surface area contributed by atoms with Crippen LogP contribution in [0, 0.1) is 5.92 Å². The van der Waals surface area contributed by atoms with Gasteiger partial charge in [0.25, 0.3) is 0 Å². The number of rotatable bonds is 2. The average molecular weight is 280 g/mol. The van der Waals surface area contributed by atoms with Gasteiger partial charge >= 0.3 is 0 Å². The Hall–Kier alpha value is -1.87. The van der Waals surface area contributed by atoms with E-state index in [1.165, 1.54) is 16.3 Å². The van der Waals surface area contributed by atoms with E-state index < -0.39 is 0 Å². The first-order valence-corrected chi connectivity index (χ1v) is 7.76. The summed E-state index contributed by atoms with van der Waals surface area (Å²) in [5.74, 6) is 0.863. The maximum absolute atomic E-state index is 12.5. The van der Waals surface area contributed by atoms with E-state index in [4.69, 9.17) is 5.73 Å². The van der Waals surface area contributed by atoms with Crippen LogP contribution in [0.15, 0.2) is 42.5 Å². The van der Waals surface area contributed by atoms with Gasteiger partial charge in [0.2, 0.25) is 5.91 Å². The molecule has 0 aromatic heterocycles. The van der Waals surface area contributed by atoms with E-state index in [1.807, 2.05) is 4.90 Å². The molecule has 1 aliphatic carbocycles. The molecule has 3 heteroatoms. The van der Waals surface area contributed by atoms with Gasteiger partial charge in [-0.3, -0.25) is 4.79 Å². The topological polar surface area (TPSA) is 46.3 Å². The molecule has 0 bridgehead atoms. The zero-order valence-corrected chi connectivity index (χ0v) is 12.0. The monoisotopic (exact) mass is 280 g/mol. The standard InChI is InChI=1S/C18H20N2O/c19-13-8-9-20(11-13)18(21)17-10-16(17)15-7-3-5-12-4-1-2-6-14(12)15/h1-7,13,16-17H,8-11,19H2/t13-,16?,17?/m1/s1. The smallest absolute Gasteiger partial charge is 0.226 e. The minimum atomic E-state index is 0.168.